The number of aromatic nitrogens is 3. The van der Waals surface area contributed by atoms with E-state index in [0.29, 0.717) is 24.2 Å². The number of benzene rings is 1. The van der Waals surface area contributed by atoms with E-state index in [4.69, 9.17) is 4.74 Å². The topological polar surface area (TPSA) is 92.3 Å². The van der Waals surface area contributed by atoms with Gasteiger partial charge in [0.05, 0.1) is 18.8 Å². The lowest BCUT2D eigenvalue weighted by atomic mass is 10.0. The van der Waals surface area contributed by atoms with Crippen LogP contribution in [0.25, 0.3) is 11.0 Å². The number of hydrogen-bond acceptors (Lipinski definition) is 5. The van der Waals surface area contributed by atoms with Crippen LogP contribution in [0, 0.1) is 13.8 Å². The molecule has 0 spiro atoms. The molecule has 1 amide bonds. The molecule has 0 bridgehead atoms. The fourth-order valence-corrected chi connectivity index (χ4v) is 4.56. The molecule has 8 heteroatoms. The summed E-state index contributed by atoms with van der Waals surface area (Å²) in [6, 6.07) is 8.01. The van der Waals surface area contributed by atoms with Gasteiger partial charge in [-0.1, -0.05) is 26.0 Å². The van der Waals surface area contributed by atoms with Crippen LogP contribution in [0.4, 0.5) is 0 Å². The molecule has 2 aromatic heterocycles. The Morgan fingerprint density at radius 1 is 1.27 bits per heavy atom. The van der Waals surface area contributed by atoms with Gasteiger partial charge in [0.15, 0.2) is 0 Å². The zero-order valence-corrected chi connectivity index (χ0v) is 20.5. The van der Waals surface area contributed by atoms with Crippen LogP contribution in [0.3, 0.4) is 0 Å². The van der Waals surface area contributed by atoms with Crippen LogP contribution in [0.2, 0.25) is 0 Å². The van der Waals surface area contributed by atoms with Crippen LogP contribution >= 0.6 is 0 Å². The van der Waals surface area contributed by atoms with E-state index >= 15 is 0 Å². The van der Waals surface area contributed by atoms with Gasteiger partial charge in [0, 0.05) is 31.0 Å². The molecular formula is C25H35N5O3. The number of carbonyl (C=O) groups is 1. The molecule has 3 aromatic rings. The molecule has 0 radical (unpaired) electrons. The Labute approximate surface area is 194 Å². The predicted molar refractivity (Wildman–Crippen MR) is 131 cm³/mol. The van der Waals surface area contributed by atoms with Gasteiger partial charge in [-0.15, -0.1) is 0 Å². The van der Waals surface area contributed by atoms with Crippen LogP contribution in [-0.2, 0) is 18.3 Å². The second-order valence-corrected chi connectivity index (χ2v) is 8.31. The van der Waals surface area contributed by atoms with Crippen molar-refractivity contribution in [1.82, 2.24) is 25.0 Å². The minimum atomic E-state index is -0.159. The van der Waals surface area contributed by atoms with E-state index in [9.17, 15) is 9.59 Å². The first-order chi connectivity index (χ1) is 15.8. The SMILES string of the molecule is CCN(CC)C(CNC(=O)CCc1c(C)c2c(C)nn(C)c2[nH]c1=O)c1cccc(OC)c1. The summed E-state index contributed by atoms with van der Waals surface area (Å²) in [5.74, 6) is 0.726. The van der Waals surface area contributed by atoms with Crippen molar-refractivity contribution in [3.8, 4) is 5.75 Å². The van der Waals surface area contributed by atoms with E-state index in [1.54, 1.807) is 11.8 Å². The minimum Gasteiger partial charge on any atom is -0.497 e. The predicted octanol–water partition coefficient (Wildman–Crippen LogP) is 3.02. The van der Waals surface area contributed by atoms with Crippen LogP contribution in [0.15, 0.2) is 29.1 Å². The number of amides is 1. The summed E-state index contributed by atoms with van der Waals surface area (Å²) in [7, 11) is 3.47. The number of ether oxygens (including phenoxy) is 1. The Bertz CT molecular complexity index is 1180. The van der Waals surface area contributed by atoms with Gasteiger partial charge in [0.2, 0.25) is 5.91 Å². The summed E-state index contributed by atoms with van der Waals surface area (Å²) in [6.45, 7) is 10.3. The second kappa shape index (κ2) is 10.7. The number of H-pyrrole nitrogens is 1. The van der Waals surface area contributed by atoms with Crippen molar-refractivity contribution in [3.05, 3.63) is 57.0 Å². The van der Waals surface area contributed by atoms with Gasteiger partial charge < -0.3 is 15.0 Å². The molecule has 1 aromatic carbocycles. The number of pyridine rings is 1. The summed E-state index contributed by atoms with van der Waals surface area (Å²) >= 11 is 0. The van der Waals surface area contributed by atoms with Crippen molar-refractivity contribution in [1.29, 1.82) is 0 Å². The minimum absolute atomic E-state index is 0.0404. The van der Waals surface area contributed by atoms with Gasteiger partial charge in [0.1, 0.15) is 11.4 Å². The van der Waals surface area contributed by atoms with E-state index < -0.39 is 0 Å². The maximum Gasteiger partial charge on any atom is 0.253 e. The molecule has 0 fully saturated rings. The third-order valence-corrected chi connectivity index (χ3v) is 6.38. The lowest BCUT2D eigenvalue weighted by molar-refractivity contribution is -0.121. The maximum atomic E-state index is 12.7. The van der Waals surface area contributed by atoms with E-state index in [1.807, 2.05) is 39.1 Å². The first kappa shape index (κ1) is 24.5. The van der Waals surface area contributed by atoms with Crippen molar-refractivity contribution in [2.24, 2.45) is 7.05 Å². The Hall–Kier alpha value is -3.13. The third kappa shape index (κ3) is 5.27. The Morgan fingerprint density at radius 3 is 2.67 bits per heavy atom. The standard InChI is InChI=1S/C25H35N5O3/c1-7-30(8-2)21(18-10-9-11-19(14-18)33-6)15-26-22(31)13-12-20-16(3)23-17(4)28-29(5)24(23)27-25(20)32/h9-11,14,21H,7-8,12-13,15H2,1-6H3,(H,26,31)(H,27,32). The molecule has 3 rings (SSSR count). The molecule has 8 nitrogen and oxygen atoms in total. The molecule has 2 heterocycles. The number of aromatic amines is 1. The van der Waals surface area contributed by atoms with Crippen LogP contribution in [0.1, 0.15) is 48.7 Å². The van der Waals surface area contributed by atoms with Crippen molar-refractivity contribution in [2.75, 3.05) is 26.7 Å². The molecule has 1 atom stereocenters. The fraction of sp³-hybridized carbons (Fsp3) is 0.480. The lowest BCUT2D eigenvalue weighted by Gasteiger charge is -2.30. The van der Waals surface area contributed by atoms with Gasteiger partial charge in [-0.25, -0.2) is 0 Å². The number of rotatable bonds is 10. The van der Waals surface area contributed by atoms with Crippen molar-refractivity contribution in [2.45, 2.75) is 46.6 Å². The van der Waals surface area contributed by atoms with Crippen LogP contribution in [-0.4, -0.2) is 52.3 Å². The van der Waals surface area contributed by atoms with Gasteiger partial charge in [0.25, 0.3) is 5.56 Å². The number of carbonyl (C=O) groups excluding carboxylic acids is 1. The number of nitrogens with zero attached hydrogens (tertiary/aromatic N) is 3. The largest absolute Gasteiger partial charge is 0.497 e. The first-order valence-electron chi connectivity index (χ1n) is 11.5. The summed E-state index contributed by atoms with van der Waals surface area (Å²) in [6.07, 6.45) is 0.629. The third-order valence-electron chi connectivity index (χ3n) is 6.38. The van der Waals surface area contributed by atoms with E-state index in [0.717, 1.165) is 41.0 Å². The first-order valence-corrected chi connectivity index (χ1v) is 11.5. The molecule has 1 unspecified atom stereocenters. The molecular weight excluding hydrogens is 418 g/mol. The van der Waals surface area contributed by atoms with Gasteiger partial charge in [-0.3, -0.25) is 19.2 Å². The van der Waals surface area contributed by atoms with E-state index in [-0.39, 0.29) is 23.9 Å². The van der Waals surface area contributed by atoms with Gasteiger partial charge >= 0.3 is 0 Å². The summed E-state index contributed by atoms with van der Waals surface area (Å²) < 4.78 is 7.07. The highest BCUT2D eigenvalue weighted by Crippen LogP contribution is 2.24. The average molecular weight is 454 g/mol. The zero-order chi connectivity index (χ0) is 24.1. The highest BCUT2D eigenvalue weighted by Gasteiger charge is 2.20. The Morgan fingerprint density at radius 2 is 2.00 bits per heavy atom. The normalized spacial score (nSPS) is 12.3. The number of hydrogen-bond donors (Lipinski definition) is 2. The smallest absolute Gasteiger partial charge is 0.253 e. The van der Waals surface area contributed by atoms with Crippen LogP contribution < -0.4 is 15.6 Å². The highest BCUT2D eigenvalue weighted by atomic mass is 16.5. The average Bonchev–Trinajstić information content (AvgIpc) is 3.09. The molecule has 178 valence electrons. The highest BCUT2D eigenvalue weighted by molar-refractivity contribution is 5.83. The molecule has 0 saturated heterocycles. The van der Waals surface area contributed by atoms with Crippen molar-refractivity contribution >= 4 is 16.9 Å². The number of fused-ring (bicyclic) bond motifs is 1. The molecule has 33 heavy (non-hydrogen) atoms. The van der Waals surface area contributed by atoms with Gasteiger partial charge in [-0.2, -0.15) is 5.10 Å². The Balaban J connectivity index is 1.72. The van der Waals surface area contributed by atoms with Crippen molar-refractivity contribution < 1.29 is 9.53 Å². The maximum absolute atomic E-state index is 12.7. The molecule has 0 aliphatic heterocycles. The van der Waals surface area contributed by atoms with Gasteiger partial charge in [-0.05, 0) is 56.6 Å². The molecule has 2 N–H and O–H groups in total. The number of methoxy groups -OCH3 is 1. The summed E-state index contributed by atoms with van der Waals surface area (Å²) in [5, 5.41) is 8.44. The molecule has 0 aliphatic carbocycles. The number of likely N-dealkylation sites (N-methyl/N-ethyl adjacent to an activating group) is 1. The van der Waals surface area contributed by atoms with Crippen LogP contribution in [0.5, 0.6) is 5.75 Å². The quantitative estimate of drug-likeness (QED) is 0.492. The van der Waals surface area contributed by atoms with Crippen molar-refractivity contribution in [3.63, 3.8) is 0 Å². The zero-order valence-electron chi connectivity index (χ0n) is 20.5. The van der Waals surface area contributed by atoms with E-state index in [1.165, 1.54) is 0 Å². The fourth-order valence-electron chi connectivity index (χ4n) is 4.56. The Kier molecular flexibility index (Phi) is 7.92. The summed E-state index contributed by atoms with van der Waals surface area (Å²) in [4.78, 5) is 30.6. The second-order valence-electron chi connectivity index (χ2n) is 8.31. The summed E-state index contributed by atoms with van der Waals surface area (Å²) in [5.41, 5.74) is 4.05. The monoisotopic (exact) mass is 453 g/mol. The number of nitrogens with one attached hydrogen (secondary N) is 2. The number of aryl methyl sites for hydroxylation is 3. The lowest BCUT2D eigenvalue weighted by Crippen LogP contribution is -2.38. The van der Waals surface area contributed by atoms with E-state index in [2.05, 4.69) is 40.2 Å². The molecule has 0 aliphatic rings. The molecule has 0 saturated carbocycles.